The number of halogens is 3. The van der Waals surface area contributed by atoms with E-state index in [1.807, 2.05) is 0 Å². The number of alkyl halides is 3. The Balaban J connectivity index is 2.44. The summed E-state index contributed by atoms with van der Waals surface area (Å²) in [5.74, 6) is -0.513. The molecule has 7 heteroatoms. The maximum atomic E-state index is 12.8. The Bertz CT molecular complexity index is 618. The molecule has 0 fully saturated rings. The zero-order valence-electron chi connectivity index (χ0n) is 12.7. The molecule has 0 saturated heterocycles. The zero-order chi connectivity index (χ0) is 17.1. The van der Waals surface area contributed by atoms with Gasteiger partial charge in [0.15, 0.2) is 5.82 Å². The highest BCUT2D eigenvalue weighted by Gasteiger charge is 2.43. The van der Waals surface area contributed by atoms with Crippen molar-refractivity contribution in [2.24, 2.45) is 5.41 Å². The van der Waals surface area contributed by atoms with Crippen molar-refractivity contribution in [2.75, 3.05) is 4.90 Å². The fourth-order valence-electron chi connectivity index (χ4n) is 2.22. The lowest BCUT2D eigenvalue weighted by atomic mass is 9.87. The third kappa shape index (κ3) is 4.28. The van der Waals surface area contributed by atoms with Crippen molar-refractivity contribution >= 4 is 17.4 Å². The predicted molar refractivity (Wildman–Crippen MR) is 80.1 cm³/mol. The van der Waals surface area contributed by atoms with E-state index in [2.05, 4.69) is 9.97 Å². The number of para-hydroxylation sites is 1. The minimum absolute atomic E-state index is 0.180. The molecule has 2 rings (SSSR count). The Morgan fingerprint density at radius 2 is 1.78 bits per heavy atom. The summed E-state index contributed by atoms with van der Waals surface area (Å²) in [5, 5.41) is 0. The Morgan fingerprint density at radius 3 is 2.30 bits per heavy atom. The minimum Gasteiger partial charge on any atom is -0.273 e. The molecule has 4 nitrogen and oxygen atoms in total. The van der Waals surface area contributed by atoms with Crippen molar-refractivity contribution in [1.82, 2.24) is 9.97 Å². The summed E-state index contributed by atoms with van der Waals surface area (Å²) in [5.41, 5.74) is -1.20. The van der Waals surface area contributed by atoms with Crippen molar-refractivity contribution < 1.29 is 18.0 Å². The standard InChI is InChI=1S/C16H16F3N3O/c1-15(2,11-16(17,18)19)14(23)22(12-6-4-3-5-7-12)13-10-20-8-9-21-13/h3-10H,11H2,1-2H3. The average molecular weight is 323 g/mol. The summed E-state index contributed by atoms with van der Waals surface area (Å²) in [6, 6.07) is 8.42. The first-order valence-electron chi connectivity index (χ1n) is 6.93. The van der Waals surface area contributed by atoms with E-state index in [9.17, 15) is 18.0 Å². The molecule has 0 bridgehead atoms. The summed E-state index contributed by atoms with van der Waals surface area (Å²) in [6.07, 6.45) is -1.51. The molecular formula is C16H16F3N3O. The van der Waals surface area contributed by atoms with Gasteiger partial charge in [0.25, 0.3) is 0 Å². The Morgan fingerprint density at radius 1 is 1.13 bits per heavy atom. The van der Waals surface area contributed by atoms with Crippen LogP contribution in [-0.4, -0.2) is 22.1 Å². The van der Waals surface area contributed by atoms with Crippen LogP contribution in [0.5, 0.6) is 0 Å². The molecule has 122 valence electrons. The second-order valence-electron chi connectivity index (χ2n) is 5.72. The van der Waals surface area contributed by atoms with Crippen LogP contribution in [0.25, 0.3) is 0 Å². The molecule has 23 heavy (non-hydrogen) atoms. The monoisotopic (exact) mass is 323 g/mol. The normalized spacial score (nSPS) is 12.0. The quantitative estimate of drug-likeness (QED) is 0.850. The molecule has 0 aliphatic carbocycles. The fourth-order valence-corrected chi connectivity index (χ4v) is 2.22. The van der Waals surface area contributed by atoms with E-state index in [-0.39, 0.29) is 5.82 Å². The Hall–Kier alpha value is -2.44. The van der Waals surface area contributed by atoms with Crippen LogP contribution in [0, 0.1) is 5.41 Å². The third-order valence-corrected chi connectivity index (χ3v) is 3.22. The molecule has 1 amide bonds. The number of hydrogen-bond donors (Lipinski definition) is 0. The maximum Gasteiger partial charge on any atom is 0.390 e. The number of aromatic nitrogens is 2. The number of benzene rings is 1. The molecule has 0 radical (unpaired) electrons. The van der Waals surface area contributed by atoms with Crippen LogP contribution in [0.2, 0.25) is 0 Å². The molecule has 1 aromatic carbocycles. The molecule has 0 aliphatic heterocycles. The second-order valence-corrected chi connectivity index (χ2v) is 5.72. The van der Waals surface area contributed by atoms with Gasteiger partial charge in [0, 0.05) is 12.4 Å². The third-order valence-electron chi connectivity index (χ3n) is 3.22. The van der Waals surface area contributed by atoms with E-state index in [1.54, 1.807) is 30.3 Å². The first kappa shape index (κ1) is 16.9. The fraction of sp³-hybridized carbons (Fsp3) is 0.312. The first-order chi connectivity index (χ1) is 10.7. The minimum atomic E-state index is -4.44. The lowest BCUT2D eigenvalue weighted by molar-refractivity contribution is -0.163. The van der Waals surface area contributed by atoms with Gasteiger partial charge in [-0.05, 0) is 12.1 Å². The second kappa shape index (κ2) is 6.36. The molecule has 0 aliphatic rings. The molecule has 1 aromatic heterocycles. The van der Waals surface area contributed by atoms with Gasteiger partial charge in [0.05, 0.1) is 23.7 Å². The molecule has 1 heterocycles. The Kier molecular flexibility index (Phi) is 4.68. The number of carbonyl (C=O) groups excluding carboxylic acids is 1. The van der Waals surface area contributed by atoms with Crippen molar-refractivity contribution in [3.63, 3.8) is 0 Å². The van der Waals surface area contributed by atoms with Gasteiger partial charge < -0.3 is 0 Å². The van der Waals surface area contributed by atoms with Crippen LogP contribution in [-0.2, 0) is 4.79 Å². The summed E-state index contributed by atoms with van der Waals surface area (Å²) in [6.45, 7) is 2.55. The molecular weight excluding hydrogens is 307 g/mol. The highest BCUT2D eigenvalue weighted by atomic mass is 19.4. The zero-order valence-corrected chi connectivity index (χ0v) is 12.7. The number of carbonyl (C=O) groups is 1. The molecule has 0 N–H and O–H groups in total. The lowest BCUT2D eigenvalue weighted by Gasteiger charge is -2.31. The number of amides is 1. The van der Waals surface area contributed by atoms with E-state index in [1.165, 1.54) is 37.3 Å². The number of nitrogens with zero attached hydrogens (tertiary/aromatic N) is 3. The topological polar surface area (TPSA) is 46.1 Å². The number of anilines is 2. The van der Waals surface area contributed by atoms with Gasteiger partial charge in [-0.15, -0.1) is 0 Å². The molecule has 0 spiro atoms. The van der Waals surface area contributed by atoms with Crippen LogP contribution < -0.4 is 4.90 Å². The van der Waals surface area contributed by atoms with E-state index in [4.69, 9.17) is 0 Å². The SMILES string of the molecule is CC(C)(CC(F)(F)F)C(=O)N(c1ccccc1)c1cnccn1. The van der Waals surface area contributed by atoms with E-state index >= 15 is 0 Å². The van der Waals surface area contributed by atoms with Crippen LogP contribution in [0.3, 0.4) is 0 Å². The van der Waals surface area contributed by atoms with Crippen LogP contribution in [0.15, 0.2) is 48.9 Å². The lowest BCUT2D eigenvalue weighted by Crippen LogP contribution is -2.41. The molecule has 2 aromatic rings. The average Bonchev–Trinajstić information content (AvgIpc) is 2.47. The van der Waals surface area contributed by atoms with Crippen molar-refractivity contribution in [3.05, 3.63) is 48.9 Å². The molecule has 0 saturated carbocycles. The van der Waals surface area contributed by atoms with Gasteiger partial charge in [-0.3, -0.25) is 14.7 Å². The maximum absolute atomic E-state index is 12.8. The van der Waals surface area contributed by atoms with Gasteiger partial charge in [-0.1, -0.05) is 32.0 Å². The van der Waals surface area contributed by atoms with Crippen LogP contribution >= 0.6 is 0 Å². The summed E-state index contributed by atoms with van der Waals surface area (Å²) in [4.78, 5) is 21.9. The first-order valence-corrected chi connectivity index (χ1v) is 6.93. The van der Waals surface area contributed by atoms with Gasteiger partial charge in [-0.2, -0.15) is 13.2 Å². The highest BCUT2D eigenvalue weighted by Crippen LogP contribution is 2.37. The van der Waals surface area contributed by atoms with Gasteiger partial charge in [0.2, 0.25) is 5.91 Å². The van der Waals surface area contributed by atoms with Gasteiger partial charge >= 0.3 is 6.18 Å². The van der Waals surface area contributed by atoms with Crippen LogP contribution in [0.4, 0.5) is 24.7 Å². The van der Waals surface area contributed by atoms with Crippen molar-refractivity contribution in [3.8, 4) is 0 Å². The van der Waals surface area contributed by atoms with E-state index in [0.29, 0.717) is 5.69 Å². The van der Waals surface area contributed by atoms with Crippen molar-refractivity contribution in [2.45, 2.75) is 26.4 Å². The van der Waals surface area contributed by atoms with Gasteiger partial charge in [-0.25, -0.2) is 4.98 Å². The summed E-state index contributed by atoms with van der Waals surface area (Å²) < 4.78 is 38.3. The van der Waals surface area contributed by atoms with E-state index in [0.717, 1.165) is 0 Å². The largest absolute Gasteiger partial charge is 0.390 e. The number of hydrogen-bond acceptors (Lipinski definition) is 3. The van der Waals surface area contributed by atoms with Crippen LogP contribution in [0.1, 0.15) is 20.3 Å². The number of rotatable bonds is 4. The molecule has 0 atom stereocenters. The van der Waals surface area contributed by atoms with E-state index < -0.39 is 23.9 Å². The van der Waals surface area contributed by atoms with Gasteiger partial charge in [0.1, 0.15) is 0 Å². The smallest absolute Gasteiger partial charge is 0.273 e. The molecule has 0 unspecified atom stereocenters. The summed E-state index contributed by atoms with van der Waals surface area (Å²) >= 11 is 0. The summed E-state index contributed by atoms with van der Waals surface area (Å²) in [7, 11) is 0. The Labute approximate surface area is 132 Å². The van der Waals surface area contributed by atoms with Crippen molar-refractivity contribution in [1.29, 1.82) is 0 Å². The predicted octanol–water partition coefficient (Wildman–Crippen LogP) is 4.12. The highest BCUT2D eigenvalue weighted by molar-refractivity contribution is 6.02.